The van der Waals surface area contributed by atoms with Crippen LogP contribution in [0.3, 0.4) is 0 Å². The summed E-state index contributed by atoms with van der Waals surface area (Å²) >= 11 is 0. The molecule has 0 aromatic carbocycles. The number of hydrogen-bond acceptors (Lipinski definition) is 2. The van der Waals surface area contributed by atoms with E-state index in [9.17, 15) is 0 Å². The summed E-state index contributed by atoms with van der Waals surface area (Å²) < 4.78 is 0. The second-order valence-corrected chi connectivity index (χ2v) is 7.30. The molecule has 0 amide bonds. The summed E-state index contributed by atoms with van der Waals surface area (Å²) in [6.07, 6.45) is 5.47. The molecule has 2 rings (SSSR count). The highest BCUT2D eigenvalue weighted by atomic mass is 15.1. The van der Waals surface area contributed by atoms with Crippen LogP contribution in [-0.4, -0.2) is 37.1 Å². The van der Waals surface area contributed by atoms with Gasteiger partial charge in [-0.1, -0.05) is 27.7 Å². The van der Waals surface area contributed by atoms with Gasteiger partial charge in [0.05, 0.1) is 0 Å². The molecular weight excluding hydrogens is 220 g/mol. The molecule has 2 aliphatic rings. The van der Waals surface area contributed by atoms with Gasteiger partial charge in [0.2, 0.25) is 0 Å². The van der Waals surface area contributed by atoms with Gasteiger partial charge in [-0.25, -0.2) is 0 Å². The number of hydrogen-bond donors (Lipinski definition) is 1. The van der Waals surface area contributed by atoms with Crippen molar-refractivity contribution in [3.8, 4) is 0 Å². The maximum absolute atomic E-state index is 3.73. The predicted octanol–water partition coefficient (Wildman–Crippen LogP) is 3.13. The standard InChI is InChI=1S/C16H32N2/c1-5-16(4,11-17-15-6-7-15)12-18-9-8-13(2)14(3)10-18/h13-15,17H,5-12H2,1-4H3. The van der Waals surface area contributed by atoms with Crippen molar-refractivity contribution >= 4 is 0 Å². The molecular formula is C16H32N2. The first-order valence-corrected chi connectivity index (χ1v) is 7.98. The van der Waals surface area contributed by atoms with Gasteiger partial charge in [-0.05, 0) is 49.5 Å². The van der Waals surface area contributed by atoms with Gasteiger partial charge in [0.1, 0.15) is 0 Å². The van der Waals surface area contributed by atoms with Crippen LogP contribution in [0.5, 0.6) is 0 Å². The molecule has 2 heteroatoms. The van der Waals surface area contributed by atoms with Gasteiger partial charge in [-0.15, -0.1) is 0 Å². The molecule has 18 heavy (non-hydrogen) atoms. The van der Waals surface area contributed by atoms with Crippen molar-refractivity contribution in [2.75, 3.05) is 26.2 Å². The molecule has 0 aromatic rings. The SMILES string of the molecule is CCC(C)(CNC1CC1)CN1CCC(C)C(C)C1. The maximum atomic E-state index is 3.73. The number of nitrogens with one attached hydrogen (secondary N) is 1. The smallest absolute Gasteiger partial charge is 0.00684 e. The fourth-order valence-corrected chi connectivity index (χ4v) is 3.00. The Bertz CT molecular complexity index is 262. The Kier molecular flexibility index (Phi) is 4.71. The lowest BCUT2D eigenvalue weighted by Gasteiger charge is -2.41. The van der Waals surface area contributed by atoms with E-state index in [4.69, 9.17) is 0 Å². The van der Waals surface area contributed by atoms with E-state index in [0.717, 1.165) is 17.9 Å². The second kappa shape index (κ2) is 5.92. The normalized spacial score (nSPS) is 33.3. The summed E-state index contributed by atoms with van der Waals surface area (Å²) in [6, 6.07) is 0.844. The lowest BCUT2D eigenvalue weighted by Crippen LogP contribution is -2.47. The molecule has 1 heterocycles. The molecule has 1 saturated carbocycles. The molecule has 2 fully saturated rings. The Morgan fingerprint density at radius 2 is 1.89 bits per heavy atom. The maximum Gasteiger partial charge on any atom is 0.00684 e. The zero-order valence-electron chi connectivity index (χ0n) is 12.8. The van der Waals surface area contributed by atoms with E-state index in [1.165, 1.54) is 51.9 Å². The summed E-state index contributed by atoms with van der Waals surface area (Å²) in [5.41, 5.74) is 0.461. The average molecular weight is 252 g/mol. The van der Waals surface area contributed by atoms with E-state index < -0.39 is 0 Å². The minimum atomic E-state index is 0.461. The molecule has 2 nitrogen and oxygen atoms in total. The van der Waals surface area contributed by atoms with Crippen LogP contribution in [0.25, 0.3) is 0 Å². The Balaban J connectivity index is 1.80. The topological polar surface area (TPSA) is 15.3 Å². The van der Waals surface area contributed by atoms with E-state index in [-0.39, 0.29) is 0 Å². The Morgan fingerprint density at radius 1 is 1.17 bits per heavy atom. The lowest BCUT2D eigenvalue weighted by atomic mass is 9.83. The van der Waals surface area contributed by atoms with Crippen molar-refractivity contribution in [2.24, 2.45) is 17.3 Å². The van der Waals surface area contributed by atoms with Crippen molar-refractivity contribution in [2.45, 2.75) is 59.4 Å². The van der Waals surface area contributed by atoms with Crippen molar-refractivity contribution in [1.82, 2.24) is 10.2 Å². The molecule has 0 bridgehead atoms. The van der Waals surface area contributed by atoms with Crippen molar-refractivity contribution < 1.29 is 0 Å². The minimum absolute atomic E-state index is 0.461. The van der Waals surface area contributed by atoms with Crippen LogP contribution in [0.2, 0.25) is 0 Å². The quantitative estimate of drug-likeness (QED) is 0.781. The zero-order valence-corrected chi connectivity index (χ0v) is 12.8. The number of rotatable bonds is 6. The third kappa shape index (κ3) is 3.96. The number of nitrogens with zero attached hydrogens (tertiary/aromatic N) is 1. The minimum Gasteiger partial charge on any atom is -0.313 e. The zero-order chi connectivity index (χ0) is 13.2. The van der Waals surface area contributed by atoms with Gasteiger partial charge in [0.15, 0.2) is 0 Å². The highest BCUT2D eigenvalue weighted by Crippen LogP contribution is 2.29. The molecule has 0 aromatic heterocycles. The van der Waals surface area contributed by atoms with Crippen molar-refractivity contribution in [3.63, 3.8) is 0 Å². The summed E-state index contributed by atoms with van der Waals surface area (Å²) in [4.78, 5) is 2.71. The first-order valence-electron chi connectivity index (χ1n) is 7.98. The molecule has 1 aliphatic carbocycles. The van der Waals surface area contributed by atoms with E-state index in [1.807, 2.05) is 0 Å². The van der Waals surface area contributed by atoms with E-state index in [0.29, 0.717) is 5.41 Å². The van der Waals surface area contributed by atoms with Gasteiger partial charge >= 0.3 is 0 Å². The van der Waals surface area contributed by atoms with E-state index in [1.54, 1.807) is 0 Å². The molecule has 1 N–H and O–H groups in total. The highest BCUT2D eigenvalue weighted by molar-refractivity contribution is 4.88. The second-order valence-electron chi connectivity index (χ2n) is 7.30. The Morgan fingerprint density at radius 3 is 2.44 bits per heavy atom. The van der Waals surface area contributed by atoms with Crippen LogP contribution >= 0.6 is 0 Å². The molecule has 1 saturated heterocycles. The summed E-state index contributed by atoms with van der Waals surface area (Å²) in [5, 5.41) is 3.73. The van der Waals surface area contributed by atoms with E-state index >= 15 is 0 Å². The Labute approximate surface area is 114 Å². The van der Waals surface area contributed by atoms with E-state index in [2.05, 4.69) is 37.9 Å². The van der Waals surface area contributed by atoms with Crippen LogP contribution in [0, 0.1) is 17.3 Å². The number of piperidine rings is 1. The molecule has 3 atom stereocenters. The summed E-state index contributed by atoms with van der Waals surface area (Å²) in [5.74, 6) is 1.79. The van der Waals surface area contributed by atoms with Gasteiger partial charge in [0, 0.05) is 25.7 Å². The van der Waals surface area contributed by atoms with Gasteiger partial charge < -0.3 is 10.2 Å². The highest BCUT2D eigenvalue weighted by Gasteiger charge is 2.31. The molecule has 1 aliphatic heterocycles. The van der Waals surface area contributed by atoms with Crippen LogP contribution in [0.15, 0.2) is 0 Å². The molecule has 106 valence electrons. The van der Waals surface area contributed by atoms with Crippen molar-refractivity contribution in [1.29, 1.82) is 0 Å². The Hall–Kier alpha value is -0.0800. The van der Waals surface area contributed by atoms with Gasteiger partial charge in [-0.2, -0.15) is 0 Å². The predicted molar refractivity (Wildman–Crippen MR) is 78.8 cm³/mol. The van der Waals surface area contributed by atoms with Gasteiger partial charge in [-0.3, -0.25) is 0 Å². The van der Waals surface area contributed by atoms with Crippen LogP contribution in [-0.2, 0) is 0 Å². The van der Waals surface area contributed by atoms with Crippen LogP contribution < -0.4 is 5.32 Å². The van der Waals surface area contributed by atoms with Gasteiger partial charge in [0.25, 0.3) is 0 Å². The third-order valence-electron chi connectivity index (χ3n) is 5.27. The molecule has 0 spiro atoms. The number of likely N-dealkylation sites (tertiary alicyclic amines) is 1. The molecule has 3 unspecified atom stereocenters. The first-order chi connectivity index (χ1) is 8.52. The monoisotopic (exact) mass is 252 g/mol. The fourth-order valence-electron chi connectivity index (χ4n) is 3.00. The third-order valence-corrected chi connectivity index (χ3v) is 5.27. The first kappa shape index (κ1) is 14.3. The fraction of sp³-hybridized carbons (Fsp3) is 1.00. The van der Waals surface area contributed by atoms with Crippen LogP contribution in [0.1, 0.15) is 53.4 Å². The largest absolute Gasteiger partial charge is 0.313 e. The van der Waals surface area contributed by atoms with Crippen LogP contribution in [0.4, 0.5) is 0 Å². The average Bonchev–Trinajstić information content (AvgIpc) is 3.16. The van der Waals surface area contributed by atoms with Crippen molar-refractivity contribution in [3.05, 3.63) is 0 Å². The summed E-state index contributed by atoms with van der Waals surface area (Å²) in [7, 11) is 0. The lowest BCUT2D eigenvalue weighted by molar-refractivity contribution is 0.0867. The molecule has 0 radical (unpaired) electrons. The summed E-state index contributed by atoms with van der Waals surface area (Å²) in [6.45, 7) is 14.7.